The van der Waals surface area contributed by atoms with Gasteiger partial charge in [-0.25, -0.2) is 4.79 Å². The van der Waals surface area contributed by atoms with Gasteiger partial charge in [-0.05, 0) is 6.07 Å². The number of morpholine rings is 1. The number of methoxy groups -OCH3 is 1. The van der Waals surface area contributed by atoms with Gasteiger partial charge < -0.3 is 14.4 Å². The van der Waals surface area contributed by atoms with Crippen molar-refractivity contribution in [2.75, 3.05) is 31.8 Å². The van der Waals surface area contributed by atoms with Gasteiger partial charge in [-0.15, -0.1) is 0 Å². The van der Waals surface area contributed by atoms with E-state index in [0.717, 1.165) is 0 Å². The molecule has 0 aromatic heterocycles. The van der Waals surface area contributed by atoms with Gasteiger partial charge in [0.25, 0.3) is 5.69 Å². The van der Waals surface area contributed by atoms with Crippen LogP contribution in [0.5, 0.6) is 0 Å². The Labute approximate surface area is 120 Å². The topological polar surface area (TPSA) is 106 Å². The third-order valence-electron chi connectivity index (χ3n) is 3.22. The highest BCUT2D eigenvalue weighted by Crippen LogP contribution is 2.28. The minimum atomic E-state index is -0.669. The Bertz CT molecular complexity index is 610. The molecule has 0 radical (unpaired) electrons. The molecular weight excluding hydrogens is 278 g/mol. The molecule has 1 atom stereocenters. The van der Waals surface area contributed by atoms with Gasteiger partial charge in [0.2, 0.25) is 0 Å². The van der Waals surface area contributed by atoms with E-state index in [2.05, 4.69) is 0 Å². The van der Waals surface area contributed by atoms with Crippen molar-refractivity contribution >= 4 is 17.3 Å². The molecule has 0 spiro atoms. The molecule has 0 N–H and O–H groups in total. The normalized spacial score (nSPS) is 17.9. The van der Waals surface area contributed by atoms with Gasteiger partial charge in [-0.1, -0.05) is 0 Å². The molecule has 1 unspecified atom stereocenters. The molecule has 1 saturated heterocycles. The number of ether oxygens (including phenoxy) is 2. The van der Waals surface area contributed by atoms with Crippen LogP contribution in [0.3, 0.4) is 0 Å². The number of nitrogens with zero attached hydrogens (tertiary/aromatic N) is 3. The molecule has 2 rings (SSSR count). The maximum Gasteiger partial charge on any atom is 0.330 e. The largest absolute Gasteiger partial charge is 0.467 e. The van der Waals surface area contributed by atoms with Crippen molar-refractivity contribution in [2.24, 2.45) is 0 Å². The van der Waals surface area contributed by atoms with Crippen molar-refractivity contribution < 1.29 is 19.2 Å². The van der Waals surface area contributed by atoms with Gasteiger partial charge >= 0.3 is 5.97 Å². The number of carbonyl (C=O) groups is 1. The summed E-state index contributed by atoms with van der Waals surface area (Å²) in [7, 11) is 1.27. The van der Waals surface area contributed by atoms with E-state index >= 15 is 0 Å². The molecule has 0 amide bonds. The van der Waals surface area contributed by atoms with Crippen molar-refractivity contribution in [3.05, 3.63) is 33.9 Å². The van der Waals surface area contributed by atoms with Crippen LogP contribution in [-0.2, 0) is 14.3 Å². The summed E-state index contributed by atoms with van der Waals surface area (Å²) in [4.78, 5) is 23.7. The maximum absolute atomic E-state index is 11.8. The van der Waals surface area contributed by atoms with E-state index < -0.39 is 16.9 Å². The summed E-state index contributed by atoms with van der Waals surface area (Å²) in [5.41, 5.74) is 0.431. The number of hydrogen-bond donors (Lipinski definition) is 0. The minimum absolute atomic E-state index is 0.139. The second kappa shape index (κ2) is 6.19. The van der Waals surface area contributed by atoms with Gasteiger partial charge in [0, 0.05) is 18.7 Å². The average molecular weight is 291 g/mol. The van der Waals surface area contributed by atoms with Crippen molar-refractivity contribution in [3.8, 4) is 6.07 Å². The molecule has 1 fully saturated rings. The smallest absolute Gasteiger partial charge is 0.330 e. The number of carbonyl (C=O) groups excluding carboxylic acids is 1. The number of anilines is 1. The molecule has 1 aliphatic heterocycles. The summed E-state index contributed by atoms with van der Waals surface area (Å²) in [6.07, 6.45) is 0. The lowest BCUT2D eigenvalue weighted by Crippen LogP contribution is -2.50. The number of nitriles is 1. The SMILES string of the molecule is COC(=O)C1COCCN1c1ccc([N+](=O)[O-])cc1C#N. The van der Waals surface area contributed by atoms with Crippen LogP contribution in [0.4, 0.5) is 11.4 Å². The van der Waals surface area contributed by atoms with Crippen LogP contribution < -0.4 is 4.90 Å². The predicted molar refractivity (Wildman–Crippen MR) is 71.8 cm³/mol. The number of nitro groups is 1. The zero-order valence-electron chi connectivity index (χ0n) is 11.3. The Morgan fingerprint density at radius 1 is 1.62 bits per heavy atom. The van der Waals surface area contributed by atoms with E-state index in [1.54, 1.807) is 4.90 Å². The fourth-order valence-electron chi connectivity index (χ4n) is 2.20. The average Bonchev–Trinajstić information content (AvgIpc) is 2.53. The lowest BCUT2D eigenvalue weighted by molar-refractivity contribution is -0.384. The quantitative estimate of drug-likeness (QED) is 0.461. The van der Waals surface area contributed by atoms with E-state index in [0.29, 0.717) is 18.8 Å². The number of hydrogen-bond acceptors (Lipinski definition) is 7. The molecule has 8 heteroatoms. The highest BCUT2D eigenvalue weighted by atomic mass is 16.6. The zero-order valence-corrected chi connectivity index (χ0v) is 11.3. The molecule has 8 nitrogen and oxygen atoms in total. The highest BCUT2D eigenvalue weighted by Gasteiger charge is 2.32. The van der Waals surface area contributed by atoms with E-state index in [1.807, 2.05) is 6.07 Å². The standard InChI is InChI=1S/C13H13N3O5/c1-20-13(17)12-8-21-5-4-15(12)11-3-2-10(16(18)19)6-9(11)7-14/h2-3,6,12H,4-5,8H2,1H3. The molecular formula is C13H13N3O5. The third-order valence-corrected chi connectivity index (χ3v) is 3.22. The van der Waals surface area contributed by atoms with E-state index in [1.165, 1.54) is 25.3 Å². The summed E-state index contributed by atoms with van der Waals surface area (Å²) in [5.74, 6) is -0.475. The van der Waals surface area contributed by atoms with Crippen molar-refractivity contribution in [2.45, 2.75) is 6.04 Å². The van der Waals surface area contributed by atoms with Crippen LogP contribution in [0.2, 0.25) is 0 Å². The summed E-state index contributed by atoms with van der Waals surface area (Å²) in [5, 5.41) is 20.0. The van der Waals surface area contributed by atoms with Crippen molar-refractivity contribution in [3.63, 3.8) is 0 Å². The van der Waals surface area contributed by atoms with Crippen LogP contribution in [0.1, 0.15) is 5.56 Å². The van der Waals surface area contributed by atoms with Crippen molar-refractivity contribution in [1.82, 2.24) is 0 Å². The zero-order chi connectivity index (χ0) is 15.4. The Morgan fingerprint density at radius 3 is 3.00 bits per heavy atom. The first-order valence-electron chi connectivity index (χ1n) is 6.19. The second-order valence-corrected chi connectivity index (χ2v) is 4.38. The molecule has 1 aromatic rings. The van der Waals surface area contributed by atoms with Gasteiger partial charge in [0.15, 0.2) is 6.04 Å². The third kappa shape index (κ3) is 2.93. The summed E-state index contributed by atoms with van der Waals surface area (Å²) >= 11 is 0. The van der Waals surface area contributed by atoms with Crippen LogP contribution in [0.25, 0.3) is 0 Å². The molecule has 21 heavy (non-hydrogen) atoms. The van der Waals surface area contributed by atoms with Gasteiger partial charge in [0.1, 0.15) is 6.07 Å². The number of nitro benzene ring substituents is 1. The Morgan fingerprint density at radius 2 is 2.38 bits per heavy atom. The fourth-order valence-corrected chi connectivity index (χ4v) is 2.20. The van der Waals surface area contributed by atoms with E-state index in [9.17, 15) is 20.2 Å². The Kier molecular flexibility index (Phi) is 4.35. The number of esters is 1. The van der Waals surface area contributed by atoms with Crippen molar-refractivity contribution in [1.29, 1.82) is 5.26 Å². The molecule has 1 aromatic carbocycles. The summed E-state index contributed by atoms with van der Waals surface area (Å²) in [6, 6.07) is 5.23. The fraction of sp³-hybridized carbons (Fsp3) is 0.385. The molecule has 1 aliphatic rings. The minimum Gasteiger partial charge on any atom is -0.467 e. The first kappa shape index (κ1) is 14.7. The number of benzene rings is 1. The van der Waals surface area contributed by atoms with E-state index in [4.69, 9.17) is 9.47 Å². The first-order chi connectivity index (χ1) is 10.1. The Balaban J connectivity index is 2.41. The van der Waals surface area contributed by atoms with Crippen LogP contribution in [0, 0.1) is 21.4 Å². The predicted octanol–water partition coefficient (Wildman–Crippen LogP) is 0.845. The maximum atomic E-state index is 11.8. The number of rotatable bonds is 3. The number of non-ortho nitro benzene ring substituents is 1. The molecule has 110 valence electrons. The molecule has 0 bridgehead atoms. The van der Waals surface area contributed by atoms with Gasteiger partial charge in [-0.3, -0.25) is 10.1 Å². The first-order valence-corrected chi connectivity index (χ1v) is 6.19. The summed E-state index contributed by atoms with van der Waals surface area (Å²) < 4.78 is 9.98. The van der Waals surface area contributed by atoms with Gasteiger partial charge in [-0.2, -0.15) is 5.26 Å². The second-order valence-electron chi connectivity index (χ2n) is 4.38. The van der Waals surface area contributed by atoms with Crippen LogP contribution >= 0.6 is 0 Å². The Hall–Kier alpha value is -2.66. The monoisotopic (exact) mass is 291 g/mol. The highest BCUT2D eigenvalue weighted by molar-refractivity contribution is 5.81. The van der Waals surface area contributed by atoms with Crippen LogP contribution in [0.15, 0.2) is 18.2 Å². The van der Waals surface area contributed by atoms with E-state index in [-0.39, 0.29) is 17.9 Å². The van der Waals surface area contributed by atoms with Gasteiger partial charge in [0.05, 0.1) is 36.5 Å². The lowest BCUT2D eigenvalue weighted by atomic mass is 10.1. The van der Waals surface area contributed by atoms with Crippen LogP contribution in [-0.4, -0.2) is 43.8 Å². The molecule has 0 saturated carbocycles. The summed E-state index contributed by atoms with van der Waals surface area (Å²) in [6.45, 7) is 0.941. The molecule has 1 heterocycles. The lowest BCUT2D eigenvalue weighted by Gasteiger charge is -2.35. The molecule has 0 aliphatic carbocycles.